The zero-order valence-corrected chi connectivity index (χ0v) is 10.5. The lowest BCUT2D eigenvalue weighted by molar-refractivity contribution is 0.199. The zero-order valence-electron chi connectivity index (χ0n) is 10.5. The molecule has 3 heteroatoms. The molecule has 2 nitrogen and oxygen atoms in total. The standard InChI is InChI=1S/C15H16FNO/c1-11(18)14-10-12(16)8-9-15(14)17(2)13-6-4-3-5-7-13/h3-11,18H,1-2H3/t11-/m1/s1. The molecule has 2 rings (SSSR count). The van der Waals surface area contributed by atoms with Gasteiger partial charge >= 0.3 is 0 Å². The highest BCUT2D eigenvalue weighted by Crippen LogP contribution is 2.31. The van der Waals surface area contributed by atoms with Gasteiger partial charge in [-0.2, -0.15) is 0 Å². The summed E-state index contributed by atoms with van der Waals surface area (Å²) in [5.41, 5.74) is 2.38. The second kappa shape index (κ2) is 5.19. The van der Waals surface area contributed by atoms with E-state index in [1.807, 2.05) is 42.3 Å². The number of anilines is 2. The summed E-state index contributed by atoms with van der Waals surface area (Å²) >= 11 is 0. The van der Waals surface area contributed by atoms with Crippen molar-refractivity contribution in [3.8, 4) is 0 Å². The molecule has 0 saturated carbocycles. The Kier molecular flexibility index (Phi) is 3.63. The zero-order chi connectivity index (χ0) is 13.1. The van der Waals surface area contributed by atoms with E-state index in [4.69, 9.17) is 0 Å². The van der Waals surface area contributed by atoms with Gasteiger partial charge in [0, 0.05) is 24.0 Å². The lowest BCUT2D eigenvalue weighted by Gasteiger charge is -2.23. The third-order valence-corrected chi connectivity index (χ3v) is 2.94. The van der Waals surface area contributed by atoms with E-state index in [-0.39, 0.29) is 5.82 Å². The lowest BCUT2D eigenvalue weighted by Crippen LogP contribution is -2.13. The third kappa shape index (κ3) is 2.51. The molecular weight excluding hydrogens is 229 g/mol. The highest BCUT2D eigenvalue weighted by molar-refractivity contribution is 5.66. The topological polar surface area (TPSA) is 23.5 Å². The van der Waals surface area contributed by atoms with Crippen molar-refractivity contribution in [3.63, 3.8) is 0 Å². The van der Waals surface area contributed by atoms with Crippen LogP contribution in [-0.2, 0) is 0 Å². The van der Waals surface area contributed by atoms with E-state index in [1.165, 1.54) is 12.1 Å². The first kappa shape index (κ1) is 12.6. The maximum Gasteiger partial charge on any atom is 0.123 e. The summed E-state index contributed by atoms with van der Waals surface area (Å²) in [6, 6.07) is 14.2. The van der Waals surface area contributed by atoms with Crippen molar-refractivity contribution in [1.29, 1.82) is 0 Å². The van der Waals surface area contributed by atoms with Crippen molar-refractivity contribution in [2.75, 3.05) is 11.9 Å². The van der Waals surface area contributed by atoms with Gasteiger partial charge in [0.15, 0.2) is 0 Å². The van der Waals surface area contributed by atoms with Crippen molar-refractivity contribution in [2.45, 2.75) is 13.0 Å². The Labute approximate surface area is 106 Å². The van der Waals surface area contributed by atoms with E-state index in [0.29, 0.717) is 5.56 Å². The molecule has 18 heavy (non-hydrogen) atoms. The fourth-order valence-electron chi connectivity index (χ4n) is 1.96. The maximum absolute atomic E-state index is 13.2. The molecule has 0 aliphatic carbocycles. The van der Waals surface area contributed by atoms with Crippen molar-refractivity contribution in [3.05, 3.63) is 59.9 Å². The van der Waals surface area contributed by atoms with E-state index in [1.54, 1.807) is 13.0 Å². The van der Waals surface area contributed by atoms with E-state index in [2.05, 4.69) is 0 Å². The largest absolute Gasteiger partial charge is 0.389 e. The van der Waals surface area contributed by atoms with Gasteiger partial charge in [0.25, 0.3) is 0 Å². The second-order valence-corrected chi connectivity index (χ2v) is 4.27. The van der Waals surface area contributed by atoms with Gasteiger partial charge in [0.2, 0.25) is 0 Å². The van der Waals surface area contributed by atoms with Gasteiger partial charge in [-0.15, -0.1) is 0 Å². The Balaban J connectivity index is 2.45. The molecule has 0 heterocycles. The molecule has 0 bridgehead atoms. The van der Waals surface area contributed by atoms with Gasteiger partial charge in [-0.1, -0.05) is 18.2 Å². The van der Waals surface area contributed by atoms with Crippen molar-refractivity contribution >= 4 is 11.4 Å². The van der Waals surface area contributed by atoms with Crippen molar-refractivity contribution < 1.29 is 9.50 Å². The Morgan fingerprint density at radius 1 is 1.11 bits per heavy atom. The number of aliphatic hydroxyl groups is 1. The van der Waals surface area contributed by atoms with Gasteiger partial charge in [-0.25, -0.2) is 4.39 Å². The molecule has 1 atom stereocenters. The summed E-state index contributed by atoms with van der Waals surface area (Å²) in [6.45, 7) is 1.64. The molecule has 0 fully saturated rings. The number of benzene rings is 2. The number of para-hydroxylation sites is 1. The lowest BCUT2D eigenvalue weighted by atomic mass is 10.1. The average molecular weight is 245 g/mol. The summed E-state index contributed by atoms with van der Waals surface area (Å²) in [5.74, 6) is -0.337. The fourth-order valence-corrected chi connectivity index (χ4v) is 1.96. The van der Waals surface area contributed by atoms with Crippen LogP contribution < -0.4 is 4.90 Å². The van der Waals surface area contributed by atoms with Crippen molar-refractivity contribution in [2.24, 2.45) is 0 Å². The van der Waals surface area contributed by atoms with E-state index in [0.717, 1.165) is 11.4 Å². The molecule has 0 aliphatic rings. The molecule has 1 N–H and O–H groups in total. The Morgan fingerprint density at radius 3 is 2.39 bits per heavy atom. The summed E-state index contributed by atoms with van der Waals surface area (Å²) in [4.78, 5) is 1.93. The third-order valence-electron chi connectivity index (χ3n) is 2.94. The minimum Gasteiger partial charge on any atom is -0.389 e. The summed E-state index contributed by atoms with van der Waals surface area (Å²) in [6.07, 6.45) is -0.707. The highest BCUT2D eigenvalue weighted by Gasteiger charge is 2.13. The molecule has 0 radical (unpaired) electrons. The van der Waals surface area contributed by atoms with Crippen LogP contribution in [-0.4, -0.2) is 12.2 Å². The smallest absolute Gasteiger partial charge is 0.123 e. The minimum absolute atomic E-state index is 0.337. The van der Waals surface area contributed by atoms with Crippen LogP contribution in [0.25, 0.3) is 0 Å². The number of hydrogen-bond donors (Lipinski definition) is 1. The van der Waals surface area contributed by atoms with Crippen LogP contribution in [0, 0.1) is 5.82 Å². The highest BCUT2D eigenvalue weighted by atomic mass is 19.1. The van der Waals surface area contributed by atoms with Crippen LogP contribution in [0.3, 0.4) is 0 Å². The number of rotatable bonds is 3. The molecule has 0 aromatic heterocycles. The molecule has 0 amide bonds. The minimum atomic E-state index is -0.707. The SMILES string of the molecule is C[C@@H](O)c1cc(F)ccc1N(C)c1ccccc1. The van der Waals surface area contributed by atoms with E-state index in [9.17, 15) is 9.50 Å². The summed E-state index contributed by atoms with van der Waals surface area (Å²) < 4.78 is 13.2. The molecule has 0 saturated heterocycles. The van der Waals surface area contributed by atoms with Crippen LogP contribution in [0.5, 0.6) is 0 Å². The molecule has 0 spiro atoms. The maximum atomic E-state index is 13.2. The van der Waals surface area contributed by atoms with Crippen LogP contribution >= 0.6 is 0 Å². The number of hydrogen-bond acceptors (Lipinski definition) is 2. The molecule has 94 valence electrons. The average Bonchev–Trinajstić information content (AvgIpc) is 2.39. The van der Waals surface area contributed by atoms with E-state index < -0.39 is 6.10 Å². The number of nitrogens with zero attached hydrogens (tertiary/aromatic N) is 1. The Hall–Kier alpha value is -1.87. The molecule has 0 aliphatic heterocycles. The van der Waals surface area contributed by atoms with Gasteiger partial charge in [0.05, 0.1) is 6.10 Å². The number of halogens is 1. The van der Waals surface area contributed by atoms with Gasteiger partial charge in [0.1, 0.15) is 5.82 Å². The normalized spacial score (nSPS) is 12.2. The predicted molar refractivity (Wildman–Crippen MR) is 71.5 cm³/mol. The first-order valence-electron chi connectivity index (χ1n) is 5.86. The van der Waals surface area contributed by atoms with Crippen LogP contribution in [0.2, 0.25) is 0 Å². The van der Waals surface area contributed by atoms with Crippen LogP contribution in [0.4, 0.5) is 15.8 Å². The molecule has 2 aromatic rings. The van der Waals surface area contributed by atoms with Gasteiger partial charge in [-0.3, -0.25) is 0 Å². The Bertz CT molecular complexity index is 525. The first-order valence-corrected chi connectivity index (χ1v) is 5.86. The predicted octanol–water partition coefficient (Wildman–Crippen LogP) is 3.65. The van der Waals surface area contributed by atoms with Crippen LogP contribution in [0.1, 0.15) is 18.6 Å². The molecular formula is C15H16FNO. The molecule has 2 aromatic carbocycles. The number of aliphatic hydroxyl groups excluding tert-OH is 1. The summed E-state index contributed by atoms with van der Waals surface area (Å²) in [5, 5.41) is 9.73. The first-order chi connectivity index (χ1) is 8.59. The quantitative estimate of drug-likeness (QED) is 0.892. The van der Waals surface area contributed by atoms with Crippen molar-refractivity contribution in [1.82, 2.24) is 0 Å². The second-order valence-electron chi connectivity index (χ2n) is 4.27. The van der Waals surface area contributed by atoms with Gasteiger partial charge < -0.3 is 10.0 Å². The fraction of sp³-hybridized carbons (Fsp3) is 0.200. The van der Waals surface area contributed by atoms with E-state index >= 15 is 0 Å². The Morgan fingerprint density at radius 2 is 1.78 bits per heavy atom. The summed E-state index contributed by atoms with van der Waals surface area (Å²) in [7, 11) is 1.90. The van der Waals surface area contributed by atoms with Crippen LogP contribution in [0.15, 0.2) is 48.5 Å². The monoisotopic (exact) mass is 245 g/mol. The van der Waals surface area contributed by atoms with Gasteiger partial charge in [-0.05, 0) is 37.3 Å². The molecule has 0 unspecified atom stereocenters.